The minimum Gasteiger partial charge on any atom is -0.493 e. The summed E-state index contributed by atoms with van der Waals surface area (Å²) in [6.45, 7) is 0. The lowest BCUT2D eigenvalue weighted by Crippen LogP contribution is -2.00. The van der Waals surface area contributed by atoms with E-state index in [4.69, 9.17) is 14.6 Å². The lowest BCUT2D eigenvalue weighted by Gasteiger charge is -2.11. The van der Waals surface area contributed by atoms with Crippen LogP contribution in [0.1, 0.15) is 5.56 Å². The Labute approximate surface area is 176 Å². The van der Waals surface area contributed by atoms with Gasteiger partial charge in [0.15, 0.2) is 11.5 Å². The number of rotatable bonds is 7. The van der Waals surface area contributed by atoms with Crippen LogP contribution in [0.25, 0.3) is 21.3 Å². The Morgan fingerprint density at radius 2 is 1.83 bits per heavy atom. The Morgan fingerprint density at radius 1 is 1.07 bits per heavy atom. The van der Waals surface area contributed by atoms with Crippen LogP contribution in [0.2, 0.25) is 0 Å². The summed E-state index contributed by atoms with van der Waals surface area (Å²) >= 11 is 1.54. The van der Waals surface area contributed by atoms with Crippen LogP contribution in [0.5, 0.6) is 11.5 Å². The van der Waals surface area contributed by atoms with Crippen molar-refractivity contribution in [3.8, 4) is 22.6 Å². The predicted octanol–water partition coefficient (Wildman–Crippen LogP) is 4.75. The van der Waals surface area contributed by atoms with Gasteiger partial charge in [-0.15, -0.1) is 11.3 Å². The third kappa shape index (κ3) is 3.90. The summed E-state index contributed by atoms with van der Waals surface area (Å²) in [5.74, 6) is 1.13. The molecule has 0 aliphatic rings. The first kappa shape index (κ1) is 19.7. The molecule has 0 radical (unpaired) electrons. The number of benzene rings is 2. The number of nitrogens with zero attached hydrogens (tertiary/aromatic N) is 2. The van der Waals surface area contributed by atoms with Crippen LogP contribution >= 0.6 is 11.3 Å². The monoisotopic (exact) mass is 421 g/mol. The van der Waals surface area contributed by atoms with Crippen molar-refractivity contribution in [1.29, 1.82) is 0 Å². The number of anilines is 2. The minimum absolute atomic E-state index is 0.00792. The molecule has 4 rings (SSSR count). The molecule has 2 N–H and O–H groups in total. The molecule has 0 amide bonds. The van der Waals surface area contributed by atoms with Gasteiger partial charge < -0.3 is 19.9 Å². The first-order chi connectivity index (χ1) is 14.6. The summed E-state index contributed by atoms with van der Waals surface area (Å²) in [7, 11) is 3.21. The molecule has 0 atom stereocenters. The molecule has 0 unspecified atom stereocenters. The minimum atomic E-state index is -0.856. The molecular formula is C22H19N3O4S. The molecule has 0 bridgehead atoms. The zero-order chi connectivity index (χ0) is 21.1. The number of hydrogen-bond donors (Lipinski definition) is 2. The summed E-state index contributed by atoms with van der Waals surface area (Å²) in [5, 5.41) is 15.2. The molecule has 7 nitrogen and oxygen atoms in total. The van der Waals surface area contributed by atoms with Crippen LogP contribution in [-0.4, -0.2) is 35.3 Å². The van der Waals surface area contributed by atoms with Crippen molar-refractivity contribution >= 4 is 39.0 Å². The topological polar surface area (TPSA) is 93.6 Å². The van der Waals surface area contributed by atoms with E-state index >= 15 is 0 Å². The highest BCUT2D eigenvalue weighted by Gasteiger charge is 2.15. The summed E-state index contributed by atoms with van der Waals surface area (Å²) in [4.78, 5) is 20.6. The second-order valence-electron chi connectivity index (χ2n) is 6.51. The van der Waals surface area contributed by atoms with Gasteiger partial charge in [0.1, 0.15) is 17.0 Å². The average Bonchev–Trinajstić information content (AvgIpc) is 3.19. The molecule has 2 aromatic carbocycles. The van der Waals surface area contributed by atoms with E-state index in [-0.39, 0.29) is 6.42 Å². The van der Waals surface area contributed by atoms with Gasteiger partial charge in [-0.2, -0.15) is 0 Å². The molecule has 2 heterocycles. The van der Waals surface area contributed by atoms with Crippen LogP contribution in [0, 0.1) is 0 Å². The summed E-state index contributed by atoms with van der Waals surface area (Å²) in [6.07, 6.45) is 1.52. The highest BCUT2D eigenvalue weighted by Crippen LogP contribution is 2.40. The molecule has 0 aliphatic carbocycles. The van der Waals surface area contributed by atoms with Crippen molar-refractivity contribution in [3.63, 3.8) is 0 Å². The standard InChI is InChI=1S/C22H19N3O4S/c1-28-17-8-5-14(10-18(17)29-2)16-11-30-22-20(16)21(23-12-24-22)25-15-6-3-13(4-7-15)9-19(26)27/h3-8,10-12H,9H2,1-2H3,(H,26,27)(H,23,24,25). The van der Waals surface area contributed by atoms with Gasteiger partial charge in [0, 0.05) is 16.6 Å². The Morgan fingerprint density at radius 3 is 2.53 bits per heavy atom. The maximum Gasteiger partial charge on any atom is 0.307 e. The van der Waals surface area contributed by atoms with E-state index in [0.29, 0.717) is 17.3 Å². The molecule has 4 aromatic rings. The third-order valence-corrected chi connectivity index (χ3v) is 5.52. The number of aliphatic carboxylic acids is 1. The predicted molar refractivity (Wildman–Crippen MR) is 117 cm³/mol. The van der Waals surface area contributed by atoms with Gasteiger partial charge in [0.2, 0.25) is 0 Å². The molecular weight excluding hydrogens is 402 g/mol. The number of carbonyl (C=O) groups is 1. The van der Waals surface area contributed by atoms with Crippen LogP contribution in [-0.2, 0) is 11.2 Å². The third-order valence-electron chi connectivity index (χ3n) is 4.64. The fourth-order valence-corrected chi connectivity index (χ4v) is 4.12. The molecule has 152 valence electrons. The fourth-order valence-electron chi connectivity index (χ4n) is 3.20. The Hall–Kier alpha value is -3.65. The number of thiophene rings is 1. The number of methoxy groups -OCH3 is 2. The molecule has 0 saturated heterocycles. The number of aromatic nitrogens is 2. The van der Waals surface area contributed by atoms with Gasteiger partial charge in [0.05, 0.1) is 26.0 Å². The normalized spacial score (nSPS) is 10.7. The molecule has 30 heavy (non-hydrogen) atoms. The number of carboxylic acids is 1. The first-order valence-corrected chi connectivity index (χ1v) is 9.99. The first-order valence-electron chi connectivity index (χ1n) is 9.11. The molecule has 0 saturated carbocycles. The summed E-state index contributed by atoms with van der Waals surface area (Å²) < 4.78 is 10.8. The second-order valence-corrected chi connectivity index (χ2v) is 7.37. The Bertz CT molecular complexity index is 1200. The van der Waals surface area contributed by atoms with Crippen molar-refractivity contribution in [3.05, 3.63) is 59.7 Å². The van der Waals surface area contributed by atoms with Gasteiger partial charge in [-0.25, -0.2) is 9.97 Å². The summed E-state index contributed by atoms with van der Waals surface area (Å²) in [5.41, 5.74) is 3.51. The number of hydrogen-bond acceptors (Lipinski definition) is 7. The second kappa shape index (κ2) is 8.38. The van der Waals surface area contributed by atoms with Gasteiger partial charge >= 0.3 is 5.97 Å². The maximum absolute atomic E-state index is 10.9. The average molecular weight is 421 g/mol. The van der Waals surface area contributed by atoms with Gasteiger partial charge in [-0.1, -0.05) is 18.2 Å². The van der Waals surface area contributed by atoms with E-state index in [1.165, 1.54) is 17.7 Å². The van der Waals surface area contributed by atoms with Crippen molar-refractivity contribution in [2.24, 2.45) is 0 Å². The van der Waals surface area contributed by atoms with E-state index in [1.807, 2.05) is 35.7 Å². The largest absolute Gasteiger partial charge is 0.493 e. The molecule has 8 heteroatoms. The zero-order valence-electron chi connectivity index (χ0n) is 16.4. The highest BCUT2D eigenvalue weighted by molar-refractivity contribution is 7.17. The number of fused-ring (bicyclic) bond motifs is 1. The van der Waals surface area contributed by atoms with E-state index in [1.54, 1.807) is 26.4 Å². The Kier molecular flexibility index (Phi) is 5.49. The smallest absolute Gasteiger partial charge is 0.307 e. The molecule has 0 spiro atoms. The quantitative estimate of drug-likeness (QED) is 0.445. The lowest BCUT2D eigenvalue weighted by atomic mass is 10.1. The molecule has 0 fully saturated rings. The SMILES string of the molecule is COc1ccc(-c2csc3ncnc(Nc4ccc(CC(=O)O)cc4)c23)cc1OC. The van der Waals surface area contributed by atoms with Crippen molar-refractivity contribution in [2.45, 2.75) is 6.42 Å². The maximum atomic E-state index is 10.9. The fraction of sp³-hybridized carbons (Fsp3) is 0.136. The van der Waals surface area contributed by atoms with Crippen LogP contribution in [0.4, 0.5) is 11.5 Å². The van der Waals surface area contributed by atoms with Crippen LogP contribution in [0.3, 0.4) is 0 Å². The number of nitrogens with one attached hydrogen (secondary N) is 1. The van der Waals surface area contributed by atoms with Crippen molar-refractivity contribution in [2.75, 3.05) is 19.5 Å². The van der Waals surface area contributed by atoms with E-state index in [2.05, 4.69) is 15.3 Å². The zero-order valence-corrected chi connectivity index (χ0v) is 17.2. The number of ether oxygens (including phenoxy) is 2. The van der Waals surface area contributed by atoms with Gasteiger partial charge in [-0.05, 0) is 35.4 Å². The van der Waals surface area contributed by atoms with Crippen LogP contribution in [0.15, 0.2) is 54.2 Å². The van der Waals surface area contributed by atoms with Crippen LogP contribution < -0.4 is 14.8 Å². The lowest BCUT2D eigenvalue weighted by molar-refractivity contribution is -0.136. The van der Waals surface area contributed by atoms with E-state index in [0.717, 1.165) is 32.6 Å². The van der Waals surface area contributed by atoms with Crippen molar-refractivity contribution in [1.82, 2.24) is 9.97 Å². The van der Waals surface area contributed by atoms with Crippen molar-refractivity contribution < 1.29 is 19.4 Å². The van der Waals surface area contributed by atoms with E-state index in [9.17, 15) is 4.79 Å². The highest BCUT2D eigenvalue weighted by atomic mass is 32.1. The van der Waals surface area contributed by atoms with E-state index < -0.39 is 5.97 Å². The number of carboxylic acid groups (broad SMARTS) is 1. The van der Waals surface area contributed by atoms with Gasteiger partial charge in [0.25, 0.3) is 0 Å². The molecule has 0 aliphatic heterocycles. The molecule has 2 aromatic heterocycles. The Balaban J connectivity index is 1.72. The van der Waals surface area contributed by atoms with Gasteiger partial charge in [-0.3, -0.25) is 4.79 Å². The summed E-state index contributed by atoms with van der Waals surface area (Å²) in [6, 6.07) is 13.0.